The summed E-state index contributed by atoms with van der Waals surface area (Å²) in [6.45, 7) is 4.68. The first kappa shape index (κ1) is 15.9. The van der Waals surface area contributed by atoms with Crippen LogP contribution in [0.4, 0.5) is 0 Å². The minimum absolute atomic E-state index is 0.0693. The first-order valence-corrected chi connectivity index (χ1v) is 8.73. The Balaban J connectivity index is 1.56. The van der Waals surface area contributed by atoms with E-state index in [0.717, 1.165) is 44.5 Å². The molecule has 0 bridgehead atoms. The number of ether oxygens (including phenoxy) is 2. The highest BCUT2D eigenvalue weighted by molar-refractivity contribution is 7.18. The highest BCUT2D eigenvalue weighted by Gasteiger charge is 2.32. The van der Waals surface area contributed by atoms with E-state index >= 15 is 0 Å². The number of nitrogens with one attached hydrogen (secondary N) is 1. The lowest BCUT2D eigenvalue weighted by Gasteiger charge is -2.36. The zero-order valence-corrected chi connectivity index (χ0v) is 14.1. The Bertz CT molecular complexity index is 574. The predicted molar refractivity (Wildman–Crippen MR) is 90.6 cm³/mol. The van der Waals surface area contributed by atoms with Gasteiger partial charge in [0.2, 0.25) is 0 Å². The average Bonchev–Trinajstić information content (AvgIpc) is 2.96. The fraction of sp³-hybridized carbons (Fsp3) is 0.588. The third kappa shape index (κ3) is 3.66. The number of aromatic nitrogens is 1. The van der Waals surface area contributed by atoms with Crippen LogP contribution in [0.3, 0.4) is 0 Å². The lowest BCUT2D eigenvalue weighted by molar-refractivity contribution is -0.0884. The van der Waals surface area contributed by atoms with Gasteiger partial charge in [-0.3, -0.25) is 0 Å². The molecule has 1 atom stereocenters. The fourth-order valence-corrected chi connectivity index (χ4v) is 3.99. The standard InChI is InChI=1S/C17H24N2O2S/c1-13(18-12-17(20-2)7-9-21-10-8-17)11-16-19-14-5-3-4-6-15(14)22-16/h3-6,13,18H,7-12H2,1-2H3/t13-/m0/s1. The molecular weight excluding hydrogens is 296 g/mol. The Hall–Kier alpha value is -1.01. The number of hydrogen-bond donors (Lipinski definition) is 1. The van der Waals surface area contributed by atoms with Gasteiger partial charge in [-0.2, -0.15) is 0 Å². The maximum Gasteiger partial charge on any atom is 0.0954 e. The van der Waals surface area contributed by atoms with Crippen molar-refractivity contribution in [2.24, 2.45) is 0 Å². The van der Waals surface area contributed by atoms with Crippen LogP contribution in [-0.2, 0) is 15.9 Å². The van der Waals surface area contributed by atoms with Crippen LogP contribution in [-0.4, -0.2) is 43.5 Å². The van der Waals surface area contributed by atoms with Crippen LogP contribution in [0, 0.1) is 0 Å². The molecule has 1 N–H and O–H groups in total. The Labute approximate surface area is 135 Å². The molecule has 0 radical (unpaired) electrons. The zero-order chi connectivity index (χ0) is 15.4. The molecule has 1 fully saturated rings. The number of para-hydroxylation sites is 1. The van der Waals surface area contributed by atoms with Gasteiger partial charge in [-0.25, -0.2) is 4.98 Å². The van der Waals surface area contributed by atoms with Crippen molar-refractivity contribution in [3.63, 3.8) is 0 Å². The zero-order valence-electron chi connectivity index (χ0n) is 13.3. The van der Waals surface area contributed by atoms with Gasteiger partial charge in [0.25, 0.3) is 0 Å². The summed E-state index contributed by atoms with van der Waals surface area (Å²) >= 11 is 1.79. The van der Waals surface area contributed by atoms with Crippen molar-refractivity contribution in [2.75, 3.05) is 26.9 Å². The monoisotopic (exact) mass is 320 g/mol. The first-order chi connectivity index (χ1) is 10.7. The Morgan fingerprint density at radius 3 is 2.86 bits per heavy atom. The van der Waals surface area contributed by atoms with Crippen molar-refractivity contribution < 1.29 is 9.47 Å². The molecule has 0 saturated carbocycles. The fourth-order valence-electron chi connectivity index (χ4n) is 2.90. The molecule has 1 aromatic carbocycles. The van der Waals surface area contributed by atoms with Crippen molar-refractivity contribution in [3.05, 3.63) is 29.3 Å². The Morgan fingerprint density at radius 1 is 1.36 bits per heavy atom. The number of rotatable bonds is 6. The van der Waals surface area contributed by atoms with Gasteiger partial charge >= 0.3 is 0 Å². The number of benzene rings is 1. The number of hydrogen-bond acceptors (Lipinski definition) is 5. The normalized spacial score (nSPS) is 19.4. The van der Waals surface area contributed by atoms with Gasteiger partial charge in [-0.05, 0) is 19.1 Å². The molecule has 4 nitrogen and oxygen atoms in total. The second-order valence-electron chi connectivity index (χ2n) is 6.06. The van der Waals surface area contributed by atoms with Crippen LogP contribution < -0.4 is 5.32 Å². The molecule has 0 unspecified atom stereocenters. The quantitative estimate of drug-likeness (QED) is 0.888. The minimum atomic E-state index is -0.0693. The van der Waals surface area contributed by atoms with Gasteiger partial charge in [-0.1, -0.05) is 12.1 Å². The summed E-state index contributed by atoms with van der Waals surface area (Å²) in [5.74, 6) is 0. The molecular formula is C17H24N2O2S. The Morgan fingerprint density at radius 2 is 2.14 bits per heavy atom. The van der Waals surface area contributed by atoms with Crippen molar-refractivity contribution in [2.45, 2.75) is 37.8 Å². The van der Waals surface area contributed by atoms with Crippen molar-refractivity contribution >= 4 is 21.6 Å². The molecule has 120 valence electrons. The van der Waals surface area contributed by atoms with Crippen LogP contribution in [0.1, 0.15) is 24.8 Å². The van der Waals surface area contributed by atoms with Crippen molar-refractivity contribution in [1.29, 1.82) is 0 Å². The van der Waals surface area contributed by atoms with E-state index in [4.69, 9.17) is 14.5 Å². The van der Waals surface area contributed by atoms with E-state index in [-0.39, 0.29) is 5.60 Å². The molecule has 22 heavy (non-hydrogen) atoms. The summed E-state index contributed by atoms with van der Waals surface area (Å²) in [4.78, 5) is 4.71. The first-order valence-electron chi connectivity index (χ1n) is 7.91. The van der Waals surface area contributed by atoms with Crippen molar-refractivity contribution in [1.82, 2.24) is 10.3 Å². The maximum absolute atomic E-state index is 5.77. The topological polar surface area (TPSA) is 43.4 Å². The van der Waals surface area contributed by atoms with Gasteiger partial charge < -0.3 is 14.8 Å². The third-order valence-corrected chi connectivity index (χ3v) is 5.49. The summed E-state index contributed by atoms with van der Waals surface area (Å²) < 4.78 is 12.5. The highest BCUT2D eigenvalue weighted by atomic mass is 32.1. The van der Waals surface area contributed by atoms with Gasteiger partial charge in [0.15, 0.2) is 0 Å². The van der Waals surface area contributed by atoms with Gasteiger partial charge in [-0.15, -0.1) is 11.3 Å². The molecule has 1 saturated heterocycles. The summed E-state index contributed by atoms with van der Waals surface area (Å²) in [6, 6.07) is 8.71. The molecule has 0 aliphatic carbocycles. The van der Waals surface area contributed by atoms with Gasteiger partial charge in [0.05, 0.1) is 20.8 Å². The molecule has 1 aromatic heterocycles. The highest BCUT2D eigenvalue weighted by Crippen LogP contribution is 2.25. The van der Waals surface area contributed by atoms with Crippen LogP contribution in [0.15, 0.2) is 24.3 Å². The van der Waals surface area contributed by atoms with Crippen LogP contribution in [0.5, 0.6) is 0 Å². The Kier molecular flexibility index (Phi) is 5.08. The molecule has 0 spiro atoms. The number of methoxy groups -OCH3 is 1. The summed E-state index contributed by atoms with van der Waals surface area (Å²) in [7, 11) is 1.81. The SMILES string of the molecule is COC1(CN[C@@H](C)Cc2nc3ccccc3s2)CCOCC1. The summed E-state index contributed by atoms with van der Waals surface area (Å²) in [5.41, 5.74) is 1.03. The molecule has 2 aromatic rings. The van der Waals surface area contributed by atoms with E-state index in [2.05, 4.69) is 30.4 Å². The lowest BCUT2D eigenvalue weighted by Crippen LogP contribution is -2.49. The third-order valence-electron chi connectivity index (χ3n) is 4.43. The second kappa shape index (κ2) is 7.04. The number of nitrogens with zero attached hydrogens (tertiary/aromatic N) is 1. The van der Waals surface area contributed by atoms with E-state index in [1.807, 2.05) is 13.2 Å². The minimum Gasteiger partial charge on any atom is -0.381 e. The van der Waals surface area contributed by atoms with Crippen LogP contribution in [0.25, 0.3) is 10.2 Å². The van der Waals surface area contributed by atoms with Crippen LogP contribution >= 0.6 is 11.3 Å². The lowest BCUT2D eigenvalue weighted by atomic mass is 9.93. The smallest absolute Gasteiger partial charge is 0.0954 e. The second-order valence-corrected chi connectivity index (χ2v) is 7.18. The van der Waals surface area contributed by atoms with Gasteiger partial charge in [0, 0.05) is 52.2 Å². The number of thiazole rings is 1. The molecule has 1 aliphatic heterocycles. The van der Waals surface area contributed by atoms with E-state index in [9.17, 15) is 0 Å². The van der Waals surface area contributed by atoms with E-state index in [1.54, 1.807) is 11.3 Å². The molecule has 0 amide bonds. The largest absolute Gasteiger partial charge is 0.381 e. The van der Waals surface area contributed by atoms with E-state index in [1.165, 1.54) is 9.71 Å². The van der Waals surface area contributed by atoms with Crippen LogP contribution in [0.2, 0.25) is 0 Å². The maximum atomic E-state index is 5.77. The number of fused-ring (bicyclic) bond motifs is 1. The van der Waals surface area contributed by atoms with E-state index in [0.29, 0.717) is 6.04 Å². The average molecular weight is 320 g/mol. The summed E-state index contributed by atoms with van der Waals surface area (Å²) in [5, 5.41) is 4.82. The molecule has 2 heterocycles. The molecule has 1 aliphatic rings. The van der Waals surface area contributed by atoms with Crippen molar-refractivity contribution in [3.8, 4) is 0 Å². The molecule has 3 rings (SSSR count). The summed E-state index contributed by atoms with van der Waals surface area (Å²) in [6.07, 6.45) is 2.88. The molecule has 5 heteroatoms. The van der Waals surface area contributed by atoms with Gasteiger partial charge in [0.1, 0.15) is 0 Å². The van der Waals surface area contributed by atoms with E-state index < -0.39 is 0 Å². The predicted octanol–water partition coefficient (Wildman–Crippen LogP) is 3.01.